The van der Waals surface area contributed by atoms with Gasteiger partial charge in [0, 0.05) is 31.8 Å². The first-order chi connectivity index (χ1) is 11.6. The molecule has 9 nitrogen and oxygen atoms in total. The maximum absolute atomic E-state index is 12.2. The van der Waals surface area contributed by atoms with E-state index in [1.807, 2.05) is 4.90 Å². The molecule has 0 radical (unpaired) electrons. The van der Waals surface area contributed by atoms with Gasteiger partial charge in [-0.25, -0.2) is 0 Å². The van der Waals surface area contributed by atoms with Crippen molar-refractivity contribution in [1.29, 1.82) is 0 Å². The zero-order valence-electron chi connectivity index (χ0n) is 14.9. The molecule has 0 saturated carbocycles. The van der Waals surface area contributed by atoms with Gasteiger partial charge >= 0.3 is 5.97 Å². The molecule has 0 heterocycles. The second kappa shape index (κ2) is 11.9. The minimum atomic E-state index is -1.23. The van der Waals surface area contributed by atoms with Crippen molar-refractivity contribution < 1.29 is 29.7 Å². The van der Waals surface area contributed by atoms with Gasteiger partial charge in [0.05, 0.1) is 18.6 Å². The summed E-state index contributed by atoms with van der Waals surface area (Å²) in [5.74, 6) is -3.61. The Morgan fingerprint density at radius 3 is 2.20 bits per heavy atom. The van der Waals surface area contributed by atoms with Crippen LogP contribution in [0.4, 0.5) is 0 Å². The normalized spacial score (nSPS) is 16.2. The standard InChI is InChI=1S/C16H31N3O6/c1-10(21)14(16(24)25)7-13(22)5-11(6-15(18)23)8-19(2)4-3-12(17)9-20/h10-12,14,20-21H,3-9,17H2,1-2H3,(H2,18,23)(H,24,25)/t10?,11-,12+,14-/m0/s1. The number of ketones is 1. The number of nitrogens with zero attached hydrogens (tertiary/aromatic N) is 1. The summed E-state index contributed by atoms with van der Waals surface area (Å²) in [5.41, 5.74) is 10.9. The first kappa shape index (κ1) is 23.4. The Bertz CT molecular complexity index is 444. The molecule has 7 N–H and O–H groups in total. The molecule has 0 aliphatic carbocycles. The molecule has 25 heavy (non-hydrogen) atoms. The highest BCUT2D eigenvalue weighted by molar-refractivity contribution is 5.85. The fraction of sp³-hybridized carbons (Fsp3) is 0.812. The molecule has 0 aromatic carbocycles. The fourth-order valence-electron chi connectivity index (χ4n) is 2.61. The Hall–Kier alpha value is -1.55. The summed E-state index contributed by atoms with van der Waals surface area (Å²) in [5, 5.41) is 27.4. The predicted octanol–water partition coefficient (Wildman–Crippen LogP) is -1.45. The highest BCUT2D eigenvalue weighted by Crippen LogP contribution is 2.17. The van der Waals surface area contributed by atoms with Gasteiger partial charge in [0.2, 0.25) is 5.91 Å². The Kier molecular flexibility index (Phi) is 11.2. The molecule has 0 saturated heterocycles. The topological polar surface area (TPSA) is 167 Å². The molecular weight excluding hydrogens is 330 g/mol. The average Bonchev–Trinajstić information content (AvgIpc) is 2.48. The van der Waals surface area contributed by atoms with E-state index in [4.69, 9.17) is 21.7 Å². The molecule has 0 fully saturated rings. The van der Waals surface area contributed by atoms with Crippen LogP contribution in [0.3, 0.4) is 0 Å². The van der Waals surface area contributed by atoms with Crippen LogP contribution < -0.4 is 11.5 Å². The number of aliphatic hydroxyl groups excluding tert-OH is 2. The van der Waals surface area contributed by atoms with Gasteiger partial charge < -0.3 is 31.7 Å². The van der Waals surface area contributed by atoms with E-state index in [0.29, 0.717) is 19.5 Å². The number of carbonyl (C=O) groups is 3. The monoisotopic (exact) mass is 361 g/mol. The quantitative estimate of drug-likeness (QED) is 0.250. The summed E-state index contributed by atoms with van der Waals surface area (Å²) in [6, 6.07) is -0.332. The minimum absolute atomic E-state index is 0.00848. The summed E-state index contributed by atoms with van der Waals surface area (Å²) < 4.78 is 0. The number of amides is 1. The number of hydrogen-bond acceptors (Lipinski definition) is 7. The number of carbonyl (C=O) groups excluding carboxylic acids is 2. The second-order valence-electron chi connectivity index (χ2n) is 6.66. The van der Waals surface area contributed by atoms with E-state index in [2.05, 4.69) is 0 Å². The van der Waals surface area contributed by atoms with E-state index in [1.54, 1.807) is 7.05 Å². The molecule has 0 aliphatic heterocycles. The van der Waals surface area contributed by atoms with Gasteiger partial charge in [-0.05, 0) is 32.9 Å². The molecule has 4 atom stereocenters. The van der Waals surface area contributed by atoms with E-state index in [9.17, 15) is 19.5 Å². The molecular formula is C16H31N3O6. The first-order valence-corrected chi connectivity index (χ1v) is 8.32. The highest BCUT2D eigenvalue weighted by atomic mass is 16.4. The number of Topliss-reactive ketones (excluding diaryl/α,β-unsaturated/α-hetero) is 1. The van der Waals surface area contributed by atoms with Gasteiger partial charge in [0.15, 0.2) is 0 Å². The molecule has 0 bridgehead atoms. The van der Waals surface area contributed by atoms with Gasteiger partial charge in [-0.15, -0.1) is 0 Å². The van der Waals surface area contributed by atoms with E-state index in [1.165, 1.54) is 6.92 Å². The van der Waals surface area contributed by atoms with Crippen LogP contribution in [0.2, 0.25) is 0 Å². The molecule has 1 unspecified atom stereocenters. The van der Waals surface area contributed by atoms with Crippen molar-refractivity contribution in [2.24, 2.45) is 23.3 Å². The Labute approximate surface area is 148 Å². The highest BCUT2D eigenvalue weighted by Gasteiger charge is 2.27. The zero-order valence-corrected chi connectivity index (χ0v) is 14.9. The SMILES string of the molecule is CC(O)[C@H](CC(=O)C[C@@H](CC(N)=O)CN(C)CC[C@@H](N)CO)C(=O)O. The Morgan fingerprint density at radius 1 is 1.16 bits per heavy atom. The number of carboxylic acids is 1. The Balaban J connectivity index is 4.67. The molecule has 0 rings (SSSR count). The average molecular weight is 361 g/mol. The smallest absolute Gasteiger partial charge is 0.309 e. The van der Waals surface area contributed by atoms with Crippen LogP contribution in [0, 0.1) is 11.8 Å². The predicted molar refractivity (Wildman–Crippen MR) is 91.5 cm³/mol. The lowest BCUT2D eigenvalue weighted by Crippen LogP contribution is -2.35. The van der Waals surface area contributed by atoms with Crippen molar-refractivity contribution in [2.75, 3.05) is 26.7 Å². The molecule has 146 valence electrons. The van der Waals surface area contributed by atoms with Crippen molar-refractivity contribution in [1.82, 2.24) is 4.90 Å². The molecule has 9 heteroatoms. The van der Waals surface area contributed by atoms with Gasteiger partial charge in [-0.3, -0.25) is 14.4 Å². The van der Waals surface area contributed by atoms with Crippen LogP contribution >= 0.6 is 0 Å². The number of rotatable bonds is 14. The molecule has 0 aromatic heterocycles. The Morgan fingerprint density at radius 2 is 1.76 bits per heavy atom. The second-order valence-corrected chi connectivity index (χ2v) is 6.66. The van der Waals surface area contributed by atoms with E-state index < -0.39 is 23.9 Å². The van der Waals surface area contributed by atoms with Gasteiger partial charge in [0.25, 0.3) is 0 Å². The van der Waals surface area contributed by atoms with Crippen LogP contribution in [0.15, 0.2) is 0 Å². The van der Waals surface area contributed by atoms with Crippen molar-refractivity contribution in [3.8, 4) is 0 Å². The summed E-state index contributed by atoms with van der Waals surface area (Å²) in [7, 11) is 1.80. The minimum Gasteiger partial charge on any atom is -0.481 e. The van der Waals surface area contributed by atoms with E-state index in [0.717, 1.165) is 0 Å². The number of carboxylic acid groups (broad SMARTS) is 1. The van der Waals surface area contributed by atoms with Gasteiger partial charge in [0.1, 0.15) is 5.78 Å². The number of primary amides is 1. The number of aliphatic hydroxyl groups is 2. The van der Waals surface area contributed by atoms with Crippen LogP contribution in [0.25, 0.3) is 0 Å². The molecule has 0 spiro atoms. The fourth-order valence-corrected chi connectivity index (χ4v) is 2.61. The molecule has 0 aliphatic rings. The van der Waals surface area contributed by atoms with Crippen molar-refractivity contribution >= 4 is 17.7 Å². The first-order valence-electron chi connectivity index (χ1n) is 8.32. The van der Waals surface area contributed by atoms with Crippen molar-refractivity contribution in [3.63, 3.8) is 0 Å². The maximum atomic E-state index is 12.2. The number of hydrogen-bond donors (Lipinski definition) is 5. The molecule has 0 aromatic rings. The lowest BCUT2D eigenvalue weighted by atomic mass is 9.90. The largest absolute Gasteiger partial charge is 0.481 e. The lowest BCUT2D eigenvalue weighted by Gasteiger charge is -2.24. The summed E-state index contributed by atoms with van der Waals surface area (Å²) in [4.78, 5) is 36.3. The maximum Gasteiger partial charge on any atom is 0.309 e. The van der Waals surface area contributed by atoms with E-state index in [-0.39, 0.29) is 43.6 Å². The lowest BCUT2D eigenvalue weighted by molar-refractivity contribution is -0.147. The van der Waals surface area contributed by atoms with Crippen molar-refractivity contribution in [2.45, 2.75) is 44.8 Å². The molecule has 1 amide bonds. The summed E-state index contributed by atoms with van der Waals surface area (Å²) in [6.45, 7) is 2.20. The van der Waals surface area contributed by atoms with Gasteiger partial charge in [-0.1, -0.05) is 0 Å². The third kappa shape index (κ3) is 10.8. The van der Waals surface area contributed by atoms with Crippen molar-refractivity contribution in [3.05, 3.63) is 0 Å². The third-order valence-corrected chi connectivity index (χ3v) is 4.04. The van der Waals surface area contributed by atoms with Crippen LogP contribution in [-0.4, -0.2) is 76.8 Å². The zero-order chi connectivity index (χ0) is 19.6. The number of nitrogens with two attached hydrogens (primary N) is 2. The summed E-state index contributed by atoms with van der Waals surface area (Å²) >= 11 is 0. The van der Waals surface area contributed by atoms with Gasteiger partial charge in [-0.2, -0.15) is 0 Å². The van der Waals surface area contributed by atoms with Crippen LogP contribution in [0.1, 0.15) is 32.6 Å². The van der Waals surface area contributed by atoms with Crippen LogP contribution in [0.5, 0.6) is 0 Å². The van der Waals surface area contributed by atoms with Crippen LogP contribution in [-0.2, 0) is 14.4 Å². The third-order valence-electron chi connectivity index (χ3n) is 4.04. The van der Waals surface area contributed by atoms with E-state index >= 15 is 0 Å². The number of aliphatic carboxylic acids is 1. The summed E-state index contributed by atoms with van der Waals surface area (Å²) in [6.07, 6.45) is -0.849.